The van der Waals surface area contributed by atoms with Gasteiger partial charge in [-0.25, -0.2) is 4.39 Å². The van der Waals surface area contributed by atoms with E-state index in [4.69, 9.17) is 15.9 Å². The van der Waals surface area contributed by atoms with Gasteiger partial charge in [-0.2, -0.15) is 0 Å². The predicted molar refractivity (Wildman–Crippen MR) is 64.6 cm³/mol. The second kappa shape index (κ2) is 6.50. The number of methoxy groups -OCH3 is 1. The number of thioether (sulfide) groups is 1. The molecule has 0 saturated carbocycles. The Hall–Kier alpha value is -1.07. The maximum absolute atomic E-state index is 13.4. The van der Waals surface area contributed by atoms with Gasteiger partial charge in [-0.3, -0.25) is 5.41 Å². The van der Waals surface area contributed by atoms with Gasteiger partial charge in [0.25, 0.3) is 0 Å². The molecule has 0 saturated heterocycles. The summed E-state index contributed by atoms with van der Waals surface area (Å²) in [6, 6.07) is 4.72. The second-order valence-corrected chi connectivity index (χ2v) is 4.36. The summed E-state index contributed by atoms with van der Waals surface area (Å²) in [6.07, 6.45) is 0.884. The Bertz CT molecular complexity index is 371. The Morgan fingerprint density at radius 3 is 2.94 bits per heavy atom. The van der Waals surface area contributed by atoms with Gasteiger partial charge in [-0.15, -0.1) is 11.8 Å². The fourth-order valence-electron chi connectivity index (χ4n) is 1.27. The molecule has 0 bridgehead atoms. The van der Waals surface area contributed by atoms with E-state index in [9.17, 15) is 4.39 Å². The number of nitrogens with one attached hydrogen (secondary N) is 1. The topological polar surface area (TPSA) is 59.1 Å². The van der Waals surface area contributed by atoms with Crippen LogP contribution in [-0.2, 0) is 4.74 Å². The van der Waals surface area contributed by atoms with E-state index in [0.29, 0.717) is 11.5 Å². The number of hydrogen-bond donors (Lipinski definition) is 2. The van der Waals surface area contributed by atoms with E-state index in [1.54, 1.807) is 19.2 Å². The van der Waals surface area contributed by atoms with Crippen LogP contribution in [-0.4, -0.2) is 25.3 Å². The number of amidine groups is 1. The summed E-state index contributed by atoms with van der Waals surface area (Å²) in [5.74, 6) is 0.147. The summed E-state index contributed by atoms with van der Waals surface area (Å²) in [7, 11) is 1.65. The lowest BCUT2D eigenvalue weighted by atomic mass is 10.2. The van der Waals surface area contributed by atoms with Crippen LogP contribution in [0.4, 0.5) is 4.39 Å². The van der Waals surface area contributed by atoms with E-state index in [1.807, 2.05) is 0 Å². The zero-order valence-electron chi connectivity index (χ0n) is 9.13. The lowest BCUT2D eigenvalue weighted by molar-refractivity contribution is 0.200. The van der Waals surface area contributed by atoms with E-state index >= 15 is 0 Å². The van der Waals surface area contributed by atoms with Crippen LogP contribution in [0.15, 0.2) is 23.1 Å². The number of nitrogen functional groups attached to an aromatic ring is 1. The first kappa shape index (κ1) is 13.0. The number of benzene rings is 1. The molecule has 1 rings (SSSR count). The Morgan fingerprint density at radius 2 is 2.31 bits per heavy atom. The van der Waals surface area contributed by atoms with Crippen molar-refractivity contribution < 1.29 is 9.13 Å². The zero-order chi connectivity index (χ0) is 12.0. The number of ether oxygens (including phenoxy) is 1. The van der Waals surface area contributed by atoms with Gasteiger partial charge >= 0.3 is 0 Å². The summed E-state index contributed by atoms with van der Waals surface area (Å²) in [5, 5.41) is 7.33. The number of halogens is 1. The number of nitrogens with two attached hydrogens (primary N) is 1. The van der Waals surface area contributed by atoms with Crippen molar-refractivity contribution in [3.63, 3.8) is 0 Å². The Morgan fingerprint density at radius 1 is 1.56 bits per heavy atom. The molecule has 5 heteroatoms. The molecule has 88 valence electrons. The zero-order valence-corrected chi connectivity index (χ0v) is 9.94. The first-order valence-corrected chi connectivity index (χ1v) is 5.90. The molecule has 0 heterocycles. The van der Waals surface area contributed by atoms with Crippen LogP contribution in [0.5, 0.6) is 0 Å². The highest BCUT2D eigenvalue weighted by molar-refractivity contribution is 7.99. The SMILES string of the molecule is COCCCSc1cccc(F)c1C(=N)N. The highest BCUT2D eigenvalue weighted by Crippen LogP contribution is 2.25. The van der Waals surface area contributed by atoms with Gasteiger partial charge in [0, 0.05) is 24.4 Å². The lowest BCUT2D eigenvalue weighted by Gasteiger charge is -2.08. The largest absolute Gasteiger partial charge is 0.385 e. The Labute approximate surface area is 98.7 Å². The summed E-state index contributed by atoms with van der Waals surface area (Å²) in [6.45, 7) is 0.678. The molecule has 0 unspecified atom stereocenters. The standard InChI is InChI=1S/C11H15FN2OS/c1-15-6-3-7-16-9-5-2-4-8(12)10(9)11(13)14/h2,4-5H,3,6-7H2,1H3,(H3,13,14). The Kier molecular flexibility index (Phi) is 5.28. The number of hydrogen-bond acceptors (Lipinski definition) is 3. The molecule has 0 amide bonds. The minimum Gasteiger partial charge on any atom is -0.385 e. The molecular weight excluding hydrogens is 227 g/mol. The van der Waals surface area contributed by atoms with Crippen LogP contribution in [0.25, 0.3) is 0 Å². The van der Waals surface area contributed by atoms with Crippen molar-refractivity contribution in [3.05, 3.63) is 29.6 Å². The summed E-state index contributed by atoms with van der Waals surface area (Å²) in [5.41, 5.74) is 5.55. The molecule has 0 fully saturated rings. The maximum atomic E-state index is 13.4. The summed E-state index contributed by atoms with van der Waals surface area (Å²) < 4.78 is 18.3. The van der Waals surface area contributed by atoms with Gasteiger partial charge in [-0.1, -0.05) is 6.07 Å². The van der Waals surface area contributed by atoms with Crippen LogP contribution in [0.3, 0.4) is 0 Å². The van der Waals surface area contributed by atoms with Crippen LogP contribution >= 0.6 is 11.8 Å². The van der Waals surface area contributed by atoms with Crippen LogP contribution in [0.1, 0.15) is 12.0 Å². The Balaban J connectivity index is 2.71. The number of rotatable bonds is 6. The molecule has 0 aliphatic carbocycles. The van der Waals surface area contributed by atoms with Crippen LogP contribution < -0.4 is 5.73 Å². The molecule has 0 atom stereocenters. The predicted octanol–water partition coefficient (Wildman–Crippen LogP) is 2.24. The maximum Gasteiger partial charge on any atom is 0.135 e. The molecule has 3 nitrogen and oxygen atoms in total. The average molecular weight is 242 g/mol. The molecule has 1 aromatic rings. The molecule has 3 N–H and O–H groups in total. The highest BCUT2D eigenvalue weighted by atomic mass is 32.2. The minimum absolute atomic E-state index is 0.199. The van der Waals surface area contributed by atoms with Crippen molar-refractivity contribution in [2.45, 2.75) is 11.3 Å². The molecule has 0 aliphatic heterocycles. The van der Waals surface area contributed by atoms with E-state index in [-0.39, 0.29) is 11.4 Å². The van der Waals surface area contributed by atoms with Gasteiger partial charge in [0.05, 0.1) is 5.56 Å². The lowest BCUT2D eigenvalue weighted by Crippen LogP contribution is -2.14. The molecule has 0 aliphatic rings. The van der Waals surface area contributed by atoms with Crippen molar-refractivity contribution in [3.8, 4) is 0 Å². The van der Waals surface area contributed by atoms with E-state index < -0.39 is 5.82 Å². The molecule has 16 heavy (non-hydrogen) atoms. The van der Waals surface area contributed by atoms with Gasteiger partial charge in [0.2, 0.25) is 0 Å². The molecule has 0 radical (unpaired) electrons. The van der Waals surface area contributed by atoms with Gasteiger partial charge < -0.3 is 10.5 Å². The smallest absolute Gasteiger partial charge is 0.135 e. The van der Waals surface area contributed by atoms with E-state index in [2.05, 4.69) is 0 Å². The third-order valence-corrected chi connectivity index (χ3v) is 3.14. The average Bonchev–Trinajstić information content (AvgIpc) is 2.24. The van der Waals surface area contributed by atoms with Crippen molar-refractivity contribution in [1.29, 1.82) is 5.41 Å². The third kappa shape index (κ3) is 3.50. The van der Waals surface area contributed by atoms with Gasteiger partial charge in [0.1, 0.15) is 11.7 Å². The van der Waals surface area contributed by atoms with Crippen LogP contribution in [0, 0.1) is 11.2 Å². The normalized spacial score (nSPS) is 10.4. The van der Waals surface area contributed by atoms with Crippen molar-refractivity contribution in [2.75, 3.05) is 19.5 Å². The molecule has 0 aromatic heterocycles. The third-order valence-electron chi connectivity index (χ3n) is 2.00. The molecule has 0 spiro atoms. The van der Waals surface area contributed by atoms with Crippen molar-refractivity contribution in [2.24, 2.45) is 5.73 Å². The van der Waals surface area contributed by atoms with Crippen LogP contribution in [0.2, 0.25) is 0 Å². The fourth-order valence-corrected chi connectivity index (χ4v) is 2.28. The molecular formula is C11H15FN2OS. The first-order chi connectivity index (χ1) is 7.66. The van der Waals surface area contributed by atoms with Crippen molar-refractivity contribution >= 4 is 17.6 Å². The van der Waals surface area contributed by atoms with Gasteiger partial charge in [-0.05, 0) is 18.6 Å². The summed E-state index contributed by atoms with van der Waals surface area (Å²) in [4.78, 5) is 0.712. The van der Waals surface area contributed by atoms with Crippen molar-refractivity contribution in [1.82, 2.24) is 0 Å². The second-order valence-electron chi connectivity index (χ2n) is 3.22. The summed E-state index contributed by atoms with van der Waals surface area (Å²) >= 11 is 1.49. The highest BCUT2D eigenvalue weighted by Gasteiger charge is 2.11. The first-order valence-electron chi connectivity index (χ1n) is 4.91. The van der Waals surface area contributed by atoms with E-state index in [1.165, 1.54) is 17.8 Å². The monoisotopic (exact) mass is 242 g/mol. The van der Waals surface area contributed by atoms with Gasteiger partial charge in [0.15, 0.2) is 0 Å². The van der Waals surface area contributed by atoms with E-state index in [0.717, 1.165) is 12.2 Å². The quantitative estimate of drug-likeness (QED) is 0.348. The minimum atomic E-state index is -0.441. The fraction of sp³-hybridized carbons (Fsp3) is 0.364. The molecule has 1 aromatic carbocycles.